The van der Waals surface area contributed by atoms with Gasteiger partial charge in [0.25, 0.3) is 5.91 Å². The van der Waals surface area contributed by atoms with Gasteiger partial charge in [-0.1, -0.05) is 114 Å². The van der Waals surface area contributed by atoms with Crippen LogP contribution in [0.2, 0.25) is 0 Å². The van der Waals surface area contributed by atoms with E-state index in [0.29, 0.717) is 6.42 Å². The van der Waals surface area contributed by atoms with Gasteiger partial charge < -0.3 is 20.5 Å². The van der Waals surface area contributed by atoms with Gasteiger partial charge in [0.05, 0.1) is 18.8 Å². The fourth-order valence-corrected chi connectivity index (χ4v) is 6.33. The highest BCUT2D eigenvalue weighted by Gasteiger charge is 2.42. The molecule has 1 rings (SSSR count). The second-order valence-electron chi connectivity index (χ2n) is 13.9. The zero-order valence-corrected chi connectivity index (χ0v) is 36.6. The number of rotatable bonds is 23. The Morgan fingerprint density at radius 2 is 1.00 bits per heavy atom. The largest absolute Gasteiger partial charge is 0.350 e. The third-order valence-corrected chi connectivity index (χ3v) is 9.43. The van der Waals surface area contributed by atoms with Gasteiger partial charge in [0.2, 0.25) is 0 Å². The first-order chi connectivity index (χ1) is 30.5. The van der Waals surface area contributed by atoms with Crippen LogP contribution >= 0.6 is 0 Å². The van der Waals surface area contributed by atoms with E-state index in [-0.39, 0.29) is 36.5 Å². The topological polar surface area (TPSA) is 73.6 Å². The summed E-state index contributed by atoms with van der Waals surface area (Å²) in [5.74, 6) is 60.3. The molecular weight excluding hydrogens is 761 g/mol. The molecule has 7 atom stereocenters. The lowest BCUT2D eigenvalue weighted by Gasteiger charge is -2.44. The van der Waals surface area contributed by atoms with Crippen LogP contribution in [0.15, 0.2) is 50.6 Å². The summed E-state index contributed by atoms with van der Waals surface area (Å²) in [6.45, 7) is 20.1. The van der Waals surface area contributed by atoms with E-state index in [1.54, 1.807) is 6.92 Å². The molecule has 0 aliphatic carbocycles. The van der Waals surface area contributed by atoms with Crippen LogP contribution in [0.3, 0.4) is 0 Å². The number of hydrogen-bond acceptors (Lipinski definition) is 4. The van der Waals surface area contributed by atoms with Crippen LogP contribution < -0.4 is 11.1 Å². The van der Waals surface area contributed by atoms with Crippen LogP contribution in [-0.2, 0) is 14.3 Å². The summed E-state index contributed by atoms with van der Waals surface area (Å²) in [7, 11) is 0. The summed E-state index contributed by atoms with van der Waals surface area (Å²) < 4.78 is 12.8. The highest BCUT2D eigenvalue weighted by molar-refractivity contribution is 5.94. The van der Waals surface area contributed by atoms with Crippen molar-refractivity contribution < 1.29 is 14.3 Å². The first-order valence-electron chi connectivity index (χ1n) is 21.2. The predicted octanol–water partition coefficient (Wildman–Crippen LogP) is 7.67. The number of nitrogens with two attached hydrogens (primary N) is 1. The molecule has 1 amide bonds. The Morgan fingerprint density at radius 3 is 1.40 bits per heavy atom. The maximum atomic E-state index is 13.0. The van der Waals surface area contributed by atoms with Crippen LogP contribution in [0.1, 0.15) is 104 Å². The molecule has 0 spiro atoms. The zero-order valence-electron chi connectivity index (χ0n) is 36.6. The summed E-state index contributed by atoms with van der Waals surface area (Å²) in [6, 6.07) is -0.884. The van der Waals surface area contributed by atoms with Crippen molar-refractivity contribution in [1.29, 1.82) is 0 Å². The van der Waals surface area contributed by atoms with E-state index >= 15 is 0 Å². The molecular formula is C57H58N2O3. The van der Waals surface area contributed by atoms with Crippen LogP contribution in [-0.4, -0.2) is 37.0 Å². The number of ether oxygens (including phenoxy) is 2. The van der Waals surface area contributed by atoms with E-state index in [4.69, 9.17) is 15.2 Å². The predicted molar refractivity (Wildman–Crippen MR) is 255 cm³/mol. The standard InChI is InChI=1S/C57H58N2O3/c1-7-13-15-17-19-21-23-25-26-27-28-29-30-31-32-33-34-35-37-39-41-43-45-48-56(60)59-54(53(58)47-44-42-40-38-36-24-22-20-18-16-14-8-2)49-61-57-52(12-6)50(10-4)51(11-5)55(62-57)46-9-3/h9-12,50-55,57H,3-6,8,14,16,18,20,22,24,36,38,40,42,44,46-47,49,58H2,1-2H3,(H,59,60)/t50?,51-,52+,53-,54+,55?,57+/m1/s1. The van der Waals surface area contributed by atoms with Gasteiger partial charge in [-0.25, -0.2) is 0 Å². The van der Waals surface area contributed by atoms with E-state index in [1.807, 2.05) is 24.3 Å². The number of allylic oxidation sites excluding steroid dienone is 1. The number of carbonyl (C=O) groups is 1. The van der Waals surface area contributed by atoms with E-state index in [2.05, 4.69) is 181 Å². The molecule has 3 N–H and O–H groups in total. The maximum absolute atomic E-state index is 13.0. The second-order valence-corrected chi connectivity index (χ2v) is 13.9. The molecule has 62 heavy (non-hydrogen) atoms. The number of carbonyl (C=O) groups excluding carboxylic acids is 1. The van der Waals surface area contributed by atoms with Crippen molar-refractivity contribution in [3.8, 4) is 142 Å². The lowest BCUT2D eigenvalue weighted by molar-refractivity contribution is -0.235. The Labute approximate surface area is 375 Å². The molecule has 1 saturated heterocycles. The van der Waals surface area contributed by atoms with Crippen molar-refractivity contribution in [2.45, 2.75) is 128 Å². The molecule has 2 unspecified atom stereocenters. The molecule has 1 heterocycles. The fraction of sp³-hybridized carbons (Fsp3) is 0.421. The molecule has 0 aromatic carbocycles. The van der Waals surface area contributed by atoms with E-state index in [0.717, 1.165) is 19.3 Å². The molecule has 5 nitrogen and oxygen atoms in total. The van der Waals surface area contributed by atoms with Gasteiger partial charge >= 0.3 is 0 Å². The van der Waals surface area contributed by atoms with E-state index < -0.39 is 18.2 Å². The molecule has 0 aromatic rings. The Hall–Kier alpha value is -6.97. The SMILES string of the molecule is C=CCC1O[C@H](OC[C@H](NC(=O)C#CC#CC#CC#CC#CC#CC#CC#CC#CC#CC#CC#CC)[C@H](N)CCCCCCCCCCCCCC)[C@@H](C=C)C(C=C)[C@H]1C=C. The Balaban J connectivity index is 2.84. The molecule has 0 saturated carbocycles. The summed E-state index contributed by atoms with van der Waals surface area (Å²) in [5, 5.41) is 2.95. The zero-order chi connectivity index (χ0) is 45.1. The summed E-state index contributed by atoms with van der Waals surface area (Å²) in [6.07, 6.45) is 23.0. The van der Waals surface area contributed by atoms with Crippen molar-refractivity contribution >= 4 is 5.91 Å². The van der Waals surface area contributed by atoms with Gasteiger partial charge in [-0.2, -0.15) is 0 Å². The van der Waals surface area contributed by atoms with Gasteiger partial charge in [-0.05, 0) is 120 Å². The Kier molecular flexibility index (Phi) is 32.7. The smallest absolute Gasteiger partial charge is 0.297 e. The molecule has 1 aliphatic rings. The average molecular weight is 819 g/mol. The minimum atomic E-state index is -0.622. The van der Waals surface area contributed by atoms with Gasteiger partial charge in [0.1, 0.15) is 0 Å². The first-order valence-corrected chi connectivity index (χ1v) is 21.2. The van der Waals surface area contributed by atoms with Crippen LogP contribution in [0.25, 0.3) is 0 Å². The molecule has 0 bridgehead atoms. The van der Waals surface area contributed by atoms with Gasteiger partial charge in [-0.3, -0.25) is 4.79 Å². The summed E-state index contributed by atoms with van der Waals surface area (Å²) >= 11 is 0. The normalized spacial score (nSPS) is 16.7. The van der Waals surface area contributed by atoms with Crippen LogP contribution in [0, 0.1) is 160 Å². The minimum absolute atomic E-state index is 0.00609. The molecule has 314 valence electrons. The molecule has 5 heteroatoms. The van der Waals surface area contributed by atoms with Crippen molar-refractivity contribution in [1.82, 2.24) is 5.32 Å². The van der Waals surface area contributed by atoms with Gasteiger partial charge in [0.15, 0.2) is 6.29 Å². The molecule has 1 fully saturated rings. The quantitative estimate of drug-likeness (QED) is 0.0631. The van der Waals surface area contributed by atoms with Crippen molar-refractivity contribution in [2.75, 3.05) is 6.61 Å². The number of amides is 1. The van der Waals surface area contributed by atoms with Gasteiger partial charge in [-0.15, -0.1) is 26.3 Å². The Bertz CT molecular complexity index is 2280. The minimum Gasteiger partial charge on any atom is -0.350 e. The number of nitrogens with one attached hydrogen (secondary N) is 1. The molecule has 0 aromatic heterocycles. The first kappa shape index (κ1) is 53.0. The third-order valence-electron chi connectivity index (χ3n) is 9.43. The fourth-order valence-electron chi connectivity index (χ4n) is 6.33. The van der Waals surface area contributed by atoms with Crippen LogP contribution in [0.5, 0.6) is 0 Å². The molecule has 0 radical (unpaired) electrons. The second kappa shape index (κ2) is 38.2. The average Bonchev–Trinajstić information content (AvgIpc) is 3.28. The summed E-state index contributed by atoms with van der Waals surface area (Å²) in [4.78, 5) is 13.0. The van der Waals surface area contributed by atoms with Crippen molar-refractivity contribution in [2.24, 2.45) is 23.5 Å². The third kappa shape index (κ3) is 26.2. The van der Waals surface area contributed by atoms with Crippen LogP contribution in [0.4, 0.5) is 0 Å². The summed E-state index contributed by atoms with van der Waals surface area (Å²) in [5.41, 5.74) is 6.72. The number of hydrogen-bond donors (Lipinski definition) is 2. The van der Waals surface area contributed by atoms with Gasteiger partial charge in [0, 0.05) is 59.3 Å². The van der Waals surface area contributed by atoms with Crippen molar-refractivity contribution in [3.05, 3.63) is 50.6 Å². The highest BCUT2D eigenvalue weighted by Crippen LogP contribution is 2.39. The Morgan fingerprint density at radius 1 is 0.597 bits per heavy atom. The lowest BCUT2D eigenvalue weighted by atomic mass is 9.75. The highest BCUT2D eigenvalue weighted by atomic mass is 16.7. The maximum Gasteiger partial charge on any atom is 0.297 e. The van der Waals surface area contributed by atoms with E-state index in [1.165, 1.54) is 64.2 Å². The van der Waals surface area contributed by atoms with Crippen molar-refractivity contribution in [3.63, 3.8) is 0 Å². The monoisotopic (exact) mass is 818 g/mol. The molecule has 1 aliphatic heterocycles. The number of unbranched alkanes of at least 4 members (excludes halogenated alkanes) is 11. The van der Waals surface area contributed by atoms with E-state index in [9.17, 15) is 4.79 Å². The lowest BCUT2D eigenvalue weighted by Crippen LogP contribution is -2.52.